The van der Waals surface area contributed by atoms with Crippen LogP contribution < -0.4 is 23.7 Å². The first-order chi connectivity index (χ1) is 33.3. The van der Waals surface area contributed by atoms with E-state index in [0.717, 1.165) is 48.2 Å². The van der Waals surface area contributed by atoms with Gasteiger partial charge in [0, 0.05) is 55.5 Å². The summed E-state index contributed by atoms with van der Waals surface area (Å²) in [5, 5.41) is 36.6. The monoisotopic (exact) mass is 946 g/mol. The molecule has 1 fully saturated rings. The number of nitro benzene ring substituents is 1. The number of aliphatic hydroxyl groups excluding tert-OH is 2. The van der Waals surface area contributed by atoms with E-state index in [1.165, 1.54) is 24.3 Å². The molecule has 16 heteroatoms. The number of aliphatic hydroxyl groups is 2. The Morgan fingerprint density at radius 1 is 0.971 bits per heavy atom. The van der Waals surface area contributed by atoms with Gasteiger partial charge in [-0.2, -0.15) is 0 Å². The fourth-order valence-corrected chi connectivity index (χ4v) is 10.1. The average Bonchev–Trinajstić information content (AvgIpc) is 3.80. The highest BCUT2D eigenvalue weighted by Crippen LogP contribution is 2.62. The van der Waals surface area contributed by atoms with Crippen LogP contribution in [0, 0.1) is 34.8 Å². The number of fused-ring (bicyclic) bond motifs is 3. The summed E-state index contributed by atoms with van der Waals surface area (Å²) in [5.41, 5.74) is 3.88. The van der Waals surface area contributed by atoms with Crippen LogP contribution in [0.15, 0.2) is 108 Å². The predicted molar refractivity (Wildman–Crippen MR) is 256 cm³/mol. The van der Waals surface area contributed by atoms with Crippen molar-refractivity contribution in [2.45, 2.75) is 109 Å². The molecule has 4 aromatic rings. The number of carbonyl (C=O) groups is 1. The summed E-state index contributed by atoms with van der Waals surface area (Å²) < 4.78 is 38.6. The van der Waals surface area contributed by atoms with Gasteiger partial charge in [0.15, 0.2) is 11.5 Å². The molecule has 6 atom stereocenters. The summed E-state index contributed by atoms with van der Waals surface area (Å²) in [5.74, 6) is -0.219. The van der Waals surface area contributed by atoms with Gasteiger partial charge in [0.1, 0.15) is 35.5 Å². The second kappa shape index (κ2) is 21.4. The molecule has 1 amide bonds. The minimum Gasteiger partial charge on any atom is -0.487 e. The Labute approximate surface area is 402 Å². The van der Waals surface area contributed by atoms with Crippen LogP contribution in [0.25, 0.3) is 0 Å². The third-order valence-electron chi connectivity index (χ3n) is 13.1. The quantitative estimate of drug-likeness (QED) is 0.0368. The van der Waals surface area contributed by atoms with Gasteiger partial charge in [0.05, 0.1) is 28.9 Å². The van der Waals surface area contributed by atoms with Gasteiger partial charge >= 0.3 is 6.09 Å². The fraction of sp³-hybridized carbons (Fsp3) is 0.453. The molecule has 2 aliphatic heterocycles. The van der Waals surface area contributed by atoms with E-state index in [1.807, 2.05) is 76.2 Å². The highest BCUT2D eigenvalue weighted by atomic mass is 16.7. The minimum atomic E-state index is -1.61. The molecule has 4 aliphatic rings. The number of oxime groups is 1. The Morgan fingerprint density at radius 3 is 2.43 bits per heavy atom. The minimum absolute atomic E-state index is 0.00356. The van der Waals surface area contributed by atoms with Crippen LogP contribution in [-0.4, -0.2) is 80.9 Å². The van der Waals surface area contributed by atoms with E-state index in [-0.39, 0.29) is 75.4 Å². The van der Waals surface area contributed by atoms with Crippen molar-refractivity contribution in [3.63, 3.8) is 0 Å². The van der Waals surface area contributed by atoms with E-state index in [9.17, 15) is 20.3 Å². The van der Waals surface area contributed by atoms with Crippen LogP contribution in [0.4, 0.5) is 10.5 Å². The highest BCUT2D eigenvalue weighted by Gasteiger charge is 2.66. The zero-order valence-corrected chi connectivity index (χ0v) is 39.7. The summed E-state index contributed by atoms with van der Waals surface area (Å²) in [6.45, 7) is 12.2. The van der Waals surface area contributed by atoms with E-state index < -0.39 is 34.4 Å². The van der Waals surface area contributed by atoms with Crippen molar-refractivity contribution in [1.82, 2.24) is 9.88 Å². The number of hydrogen-bond donors (Lipinski definition) is 2. The number of unbranched alkanes of at least 4 members (excludes halogenated alkanes) is 2. The Bertz CT molecular complexity index is 2540. The number of pyridine rings is 1. The maximum absolute atomic E-state index is 15.2. The van der Waals surface area contributed by atoms with Crippen LogP contribution in [0.3, 0.4) is 0 Å². The number of nitro groups is 1. The summed E-state index contributed by atoms with van der Waals surface area (Å²) in [7, 11) is 0. The van der Waals surface area contributed by atoms with E-state index in [0.29, 0.717) is 47.1 Å². The predicted octanol–water partition coefficient (Wildman–Crippen LogP) is 9.74. The number of ether oxygens (including phenoxy) is 6. The molecule has 3 heterocycles. The summed E-state index contributed by atoms with van der Waals surface area (Å²) in [6, 6.07) is 21.5. The molecule has 1 aromatic heterocycles. The van der Waals surface area contributed by atoms with Gasteiger partial charge in [-0.25, -0.2) is 4.79 Å². The third-order valence-corrected chi connectivity index (χ3v) is 13.1. The number of non-ortho nitro benzene ring substituents is 1. The van der Waals surface area contributed by atoms with E-state index in [2.05, 4.69) is 17.6 Å². The third kappa shape index (κ3) is 11.0. The van der Waals surface area contributed by atoms with Gasteiger partial charge < -0.3 is 43.5 Å². The topological polar surface area (TPSA) is 194 Å². The molecule has 1 saturated carbocycles. The van der Waals surface area contributed by atoms with E-state index in [1.54, 1.807) is 17.0 Å². The van der Waals surface area contributed by atoms with Crippen molar-refractivity contribution >= 4 is 17.5 Å². The number of aromatic nitrogens is 1. The molecular weight excluding hydrogens is 885 g/mol. The fourth-order valence-electron chi connectivity index (χ4n) is 10.1. The first kappa shape index (κ1) is 48.9. The number of rotatable bonds is 20. The summed E-state index contributed by atoms with van der Waals surface area (Å²) in [4.78, 5) is 38.8. The maximum Gasteiger partial charge on any atom is 0.416 e. The lowest BCUT2D eigenvalue weighted by Gasteiger charge is -2.60. The number of amides is 1. The van der Waals surface area contributed by atoms with E-state index >= 15 is 4.79 Å². The van der Waals surface area contributed by atoms with Gasteiger partial charge in [0.25, 0.3) is 5.69 Å². The van der Waals surface area contributed by atoms with Gasteiger partial charge in [-0.15, -0.1) is 6.58 Å². The first-order valence-corrected chi connectivity index (χ1v) is 23.7. The van der Waals surface area contributed by atoms with Gasteiger partial charge in [-0.3, -0.25) is 20.0 Å². The lowest BCUT2D eigenvalue weighted by Crippen LogP contribution is -2.70. The zero-order chi connectivity index (χ0) is 48.7. The maximum atomic E-state index is 15.2. The summed E-state index contributed by atoms with van der Waals surface area (Å²) >= 11 is 0. The highest BCUT2D eigenvalue weighted by molar-refractivity contribution is 6.03. The molecule has 0 radical (unpaired) electrons. The molecule has 6 unspecified atom stereocenters. The van der Waals surface area contributed by atoms with Crippen LogP contribution in [0.2, 0.25) is 0 Å². The van der Waals surface area contributed by atoms with Crippen molar-refractivity contribution in [2.24, 2.45) is 22.9 Å². The van der Waals surface area contributed by atoms with Crippen LogP contribution in [0.5, 0.6) is 28.7 Å². The van der Waals surface area contributed by atoms with Crippen LogP contribution in [0.1, 0.15) is 94.1 Å². The van der Waals surface area contributed by atoms with Crippen LogP contribution in [-0.2, 0) is 22.7 Å². The number of nitrogens with zero attached hydrogens (tertiary/aromatic N) is 4. The van der Waals surface area contributed by atoms with E-state index in [4.69, 9.17) is 38.4 Å². The lowest BCUT2D eigenvalue weighted by molar-refractivity contribution is -0.384. The van der Waals surface area contributed by atoms with Crippen LogP contribution >= 0.6 is 0 Å². The summed E-state index contributed by atoms with van der Waals surface area (Å²) in [6.07, 6.45) is 7.54. The molecular formula is C53H62N4O12. The first-order valence-electron chi connectivity index (χ1n) is 23.7. The van der Waals surface area contributed by atoms with Crippen molar-refractivity contribution in [2.75, 3.05) is 26.6 Å². The largest absolute Gasteiger partial charge is 0.487 e. The van der Waals surface area contributed by atoms with Crippen molar-refractivity contribution in [1.29, 1.82) is 0 Å². The standard InChI is InChI=1S/C53H62N4O12/c1-6-26-66-53-48(56(31-35-16-22-46-47(27-35)65-33-64-46)51(60)67-39-19-17-38(18-20-39)57(61)62)30-44(55-69-52(3,4)5)42-28-36(13-7-9-24-58)41(15-8-10-25-59)49(50(42)53)43-29-40(21-23-45(43)68-53)63-32-37-14-11-12-34(2)54-37/h6,11-12,14,16-23,27-29,36,41,48-50,58-59H,1,7-10,13,15,24-26,30-33H2,2-5H3. The number of hydrogen-bond acceptors (Lipinski definition) is 14. The van der Waals surface area contributed by atoms with Crippen molar-refractivity contribution < 1.29 is 53.2 Å². The number of benzene rings is 3. The lowest BCUT2D eigenvalue weighted by atomic mass is 9.55. The molecule has 2 N–H and O–H groups in total. The Balaban J connectivity index is 1.33. The molecule has 2 aliphatic carbocycles. The molecule has 0 spiro atoms. The van der Waals surface area contributed by atoms with Gasteiger partial charge in [-0.05, 0) is 131 Å². The second-order valence-corrected chi connectivity index (χ2v) is 19.0. The molecule has 3 aromatic carbocycles. The molecule has 0 saturated heterocycles. The van der Waals surface area contributed by atoms with Crippen molar-refractivity contribution in [3.8, 4) is 28.7 Å². The molecule has 366 valence electrons. The smallest absolute Gasteiger partial charge is 0.416 e. The molecule has 69 heavy (non-hydrogen) atoms. The van der Waals surface area contributed by atoms with Crippen molar-refractivity contribution in [3.05, 3.63) is 136 Å². The Hall–Kier alpha value is -6.49. The number of aryl methyl sites for hydroxylation is 1. The molecule has 8 rings (SSSR count). The molecule has 0 bridgehead atoms. The second-order valence-electron chi connectivity index (χ2n) is 19.0. The Kier molecular flexibility index (Phi) is 15.2. The molecule has 16 nitrogen and oxygen atoms in total. The SMILES string of the molecule is C=CCOC12Oc3ccc(OCc4cccc(C)n4)cc3C3C(CCCCO)C(CCCCO)C=C(C(=NOC(C)(C)C)CC1N(Cc1ccc4c(c1)OCO4)C(=O)Oc1ccc([N+](=O)[O-])cc1)C32. The van der Waals surface area contributed by atoms with Gasteiger partial charge in [0.2, 0.25) is 12.6 Å². The number of carbonyl (C=O) groups excluding carboxylic acids is 1. The normalized spacial score (nSPS) is 22.7. The average molecular weight is 947 g/mol. The zero-order valence-electron chi connectivity index (χ0n) is 39.7. The Morgan fingerprint density at radius 2 is 1.71 bits per heavy atom. The number of allylic oxidation sites excluding steroid dienone is 1. The van der Waals surface area contributed by atoms with Gasteiger partial charge in [-0.1, -0.05) is 42.3 Å².